The molecule has 12 heteroatoms. The van der Waals surface area contributed by atoms with E-state index in [1.54, 1.807) is 6.20 Å². The summed E-state index contributed by atoms with van der Waals surface area (Å²) in [5, 5.41) is 4.34. The minimum absolute atomic E-state index is 0.0513. The number of rotatable bonds is 5. The van der Waals surface area contributed by atoms with E-state index in [4.69, 9.17) is 25.3 Å². The first-order valence-electron chi connectivity index (χ1n) is 10.8. The van der Waals surface area contributed by atoms with Crippen molar-refractivity contribution in [1.82, 2.24) is 19.9 Å². The van der Waals surface area contributed by atoms with Crippen LogP contribution in [0.2, 0.25) is 0 Å². The summed E-state index contributed by atoms with van der Waals surface area (Å²) in [4.78, 5) is 35.5. The molecule has 2 aliphatic rings. The van der Waals surface area contributed by atoms with Crippen molar-refractivity contribution in [3.05, 3.63) is 30.2 Å². The number of hydrogen-bond donors (Lipinski definition) is 2. The number of pyridine rings is 1. The number of fused-ring (bicyclic) bond motifs is 4. The van der Waals surface area contributed by atoms with Gasteiger partial charge in [0, 0.05) is 23.3 Å². The summed E-state index contributed by atoms with van der Waals surface area (Å²) in [5.41, 5.74) is 2.06. The highest BCUT2D eigenvalue weighted by molar-refractivity contribution is 6.59. The number of esters is 1. The number of carbonyl (C=O) groups is 1. The van der Waals surface area contributed by atoms with E-state index < -0.39 is 5.97 Å². The molecule has 176 valence electrons. The van der Waals surface area contributed by atoms with E-state index in [0.29, 0.717) is 42.9 Å². The second kappa shape index (κ2) is 9.06. The lowest BCUT2D eigenvalue weighted by Crippen LogP contribution is -2.56. The highest BCUT2D eigenvalue weighted by Gasteiger charge is 2.37. The van der Waals surface area contributed by atoms with Crippen LogP contribution >= 0.6 is 0 Å². The molecule has 5 heterocycles. The molecular weight excluding hydrogens is 440 g/mol. The van der Waals surface area contributed by atoms with Crippen molar-refractivity contribution in [2.24, 2.45) is 15.9 Å². The van der Waals surface area contributed by atoms with Crippen LogP contribution in [0.1, 0.15) is 12.6 Å². The van der Waals surface area contributed by atoms with Crippen molar-refractivity contribution in [3.63, 3.8) is 0 Å². The van der Waals surface area contributed by atoms with Gasteiger partial charge in [-0.3, -0.25) is 4.99 Å². The van der Waals surface area contributed by atoms with E-state index in [1.165, 1.54) is 13.3 Å². The van der Waals surface area contributed by atoms with Crippen molar-refractivity contribution in [3.8, 4) is 17.1 Å². The number of morpholine rings is 1. The smallest absolute Gasteiger partial charge is 0.360 e. The Bertz CT molecular complexity index is 1290. The first-order chi connectivity index (χ1) is 16.6. The summed E-state index contributed by atoms with van der Waals surface area (Å²) in [5.74, 6) is 6.40. The number of H-pyrrole nitrogens is 1. The van der Waals surface area contributed by atoms with Gasteiger partial charge in [0.2, 0.25) is 0 Å². The number of ether oxygens (including phenoxy) is 3. The second-order valence-corrected chi connectivity index (χ2v) is 7.98. The zero-order valence-electron chi connectivity index (χ0n) is 18.8. The summed E-state index contributed by atoms with van der Waals surface area (Å²) in [6, 6.07) is 3.98. The van der Waals surface area contributed by atoms with Crippen LogP contribution in [0, 0.1) is 0 Å². The molecule has 3 N–H and O–H groups in total. The minimum Gasteiger partial charge on any atom is -0.486 e. The standard InChI is InChI=1S/C22H24N8O4/c1-12-9-33-10-13-11-34-18-16(7-24-8-17(29-23)22(31)32-2)27-20(28-21(18)30(12)13)15-4-6-26-19-14(15)3-5-25-19/h3-6,8,12-13H,7,9-11,23H2,1-2H3,(H,25,26)/t12-,13+/m1/s1. The summed E-state index contributed by atoms with van der Waals surface area (Å²) < 4.78 is 16.5. The predicted molar refractivity (Wildman–Crippen MR) is 125 cm³/mol. The Balaban J connectivity index is 1.61. The van der Waals surface area contributed by atoms with E-state index >= 15 is 0 Å². The third-order valence-electron chi connectivity index (χ3n) is 5.81. The van der Waals surface area contributed by atoms with Gasteiger partial charge >= 0.3 is 5.97 Å². The van der Waals surface area contributed by atoms with Crippen molar-refractivity contribution >= 4 is 34.7 Å². The highest BCUT2D eigenvalue weighted by atomic mass is 16.5. The Kier molecular flexibility index (Phi) is 5.80. The largest absolute Gasteiger partial charge is 0.486 e. The first-order valence-corrected chi connectivity index (χ1v) is 10.8. The van der Waals surface area contributed by atoms with Crippen LogP contribution in [-0.4, -0.2) is 76.8 Å². The third-order valence-corrected chi connectivity index (χ3v) is 5.81. The molecule has 0 amide bonds. The molecule has 0 aromatic carbocycles. The zero-order chi connectivity index (χ0) is 23.7. The van der Waals surface area contributed by atoms with Gasteiger partial charge in [0.15, 0.2) is 23.1 Å². The van der Waals surface area contributed by atoms with Crippen LogP contribution in [0.3, 0.4) is 0 Å². The Hall–Kier alpha value is -4.06. The van der Waals surface area contributed by atoms with Crippen LogP contribution < -0.4 is 15.5 Å². The van der Waals surface area contributed by atoms with Crippen LogP contribution in [0.4, 0.5) is 5.82 Å². The van der Waals surface area contributed by atoms with Gasteiger partial charge < -0.3 is 29.9 Å². The van der Waals surface area contributed by atoms with Crippen LogP contribution in [0.5, 0.6) is 5.75 Å². The highest BCUT2D eigenvalue weighted by Crippen LogP contribution is 2.39. The molecule has 12 nitrogen and oxygen atoms in total. The van der Waals surface area contributed by atoms with Gasteiger partial charge in [-0.25, -0.2) is 19.7 Å². The Morgan fingerprint density at radius 1 is 1.35 bits per heavy atom. The van der Waals surface area contributed by atoms with Crippen LogP contribution in [-0.2, 0) is 20.8 Å². The van der Waals surface area contributed by atoms with Gasteiger partial charge in [0.1, 0.15) is 17.9 Å². The molecule has 5 rings (SSSR count). The molecule has 0 radical (unpaired) electrons. The average Bonchev–Trinajstić information content (AvgIpc) is 3.35. The molecule has 2 aliphatic heterocycles. The van der Waals surface area contributed by atoms with E-state index in [2.05, 4.69) is 36.6 Å². The second-order valence-electron chi connectivity index (χ2n) is 7.98. The van der Waals surface area contributed by atoms with Crippen molar-refractivity contribution in [2.45, 2.75) is 25.6 Å². The summed E-state index contributed by atoms with van der Waals surface area (Å²) >= 11 is 0. The Labute approximate surface area is 194 Å². The molecule has 1 fully saturated rings. The number of hydrazone groups is 1. The third kappa shape index (κ3) is 3.81. The molecule has 0 aliphatic carbocycles. The Morgan fingerprint density at radius 3 is 3.06 bits per heavy atom. The zero-order valence-corrected chi connectivity index (χ0v) is 18.8. The predicted octanol–water partition coefficient (Wildman–Crippen LogP) is 1.06. The first kappa shape index (κ1) is 21.8. The molecule has 0 bridgehead atoms. The summed E-state index contributed by atoms with van der Waals surface area (Å²) in [6.45, 7) is 3.82. The van der Waals surface area contributed by atoms with Crippen LogP contribution in [0.25, 0.3) is 22.4 Å². The summed E-state index contributed by atoms with van der Waals surface area (Å²) in [6.07, 6.45) is 4.81. The van der Waals surface area contributed by atoms with Crippen molar-refractivity contribution in [2.75, 3.05) is 31.8 Å². The molecule has 0 saturated carbocycles. The number of anilines is 1. The molecule has 34 heavy (non-hydrogen) atoms. The van der Waals surface area contributed by atoms with Gasteiger partial charge in [-0.05, 0) is 19.1 Å². The fourth-order valence-corrected chi connectivity index (χ4v) is 4.24. The quantitative estimate of drug-likeness (QED) is 0.244. The topological polar surface area (TPSA) is 153 Å². The number of nitrogens with one attached hydrogen (secondary N) is 1. The van der Waals surface area contributed by atoms with E-state index in [-0.39, 0.29) is 24.3 Å². The number of carbonyl (C=O) groups excluding carboxylic acids is 1. The number of nitrogens with zero attached hydrogens (tertiary/aromatic N) is 6. The maximum absolute atomic E-state index is 11.7. The van der Waals surface area contributed by atoms with Gasteiger partial charge in [0.25, 0.3) is 0 Å². The average molecular weight is 464 g/mol. The molecule has 2 atom stereocenters. The van der Waals surface area contributed by atoms with Gasteiger partial charge in [-0.2, -0.15) is 5.10 Å². The number of nitrogens with two attached hydrogens (primary N) is 1. The minimum atomic E-state index is -0.676. The van der Waals surface area contributed by atoms with Gasteiger partial charge in [-0.15, -0.1) is 0 Å². The monoisotopic (exact) mass is 464 g/mol. The fraction of sp³-hybridized carbons (Fsp3) is 0.364. The van der Waals surface area contributed by atoms with E-state index in [9.17, 15) is 4.79 Å². The molecule has 0 spiro atoms. The van der Waals surface area contributed by atoms with Gasteiger partial charge in [0.05, 0.1) is 45.2 Å². The number of methoxy groups -OCH3 is 1. The van der Waals surface area contributed by atoms with Crippen molar-refractivity contribution < 1.29 is 19.0 Å². The number of hydrogen-bond acceptors (Lipinski definition) is 11. The fourth-order valence-electron chi connectivity index (χ4n) is 4.24. The van der Waals surface area contributed by atoms with Gasteiger partial charge in [-0.1, -0.05) is 0 Å². The molecular formula is C22H24N8O4. The van der Waals surface area contributed by atoms with Crippen molar-refractivity contribution in [1.29, 1.82) is 0 Å². The number of aromatic amines is 1. The lowest BCUT2D eigenvalue weighted by Gasteiger charge is -2.44. The van der Waals surface area contributed by atoms with Crippen LogP contribution in [0.15, 0.2) is 34.6 Å². The molecule has 0 unspecified atom stereocenters. The summed E-state index contributed by atoms with van der Waals surface area (Å²) in [7, 11) is 1.25. The SMILES string of the molecule is COC(=O)C(C=NCc1nc(-c2ccnc3[nH]ccc23)nc2c1OC[C@@H]1COC[C@@H](C)N21)=NN. The number of aromatic nitrogens is 4. The lowest BCUT2D eigenvalue weighted by molar-refractivity contribution is -0.132. The molecule has 3 aromatic heterocycles. The molecule has 1 saturated heterocycles. The Morgan fingerprint density at radius 2 is 2.24 bits per heavy atom. The number of aliphatic imine (C=N–C) groups is 1. The van der Waals surface area contributed by atoms with E-state index in [0.717, 1.165) is 16.6 Å². The molecule has 3 aromatic rings. The maximum atomic E-state index is 11.7. The van der Waals surface area contributed by atoms with E-state index in [1.807, 2.05) is 18.3 Å². The maximum Gasteiger partial charge on any atom is 0.360 e. The normalized spacial score (nSPS) is 20.2. The lowest BCUT2D eigenvalue weighted by atomic mass is 10.1.